The van der Waals surface area contributed by atoms with Crippen LogP contribution in [0.1, 0.15) is 41.5 Å². The van der Waals surface area contributed by atoms with E-state index in [4.69, 9.17) is 4.74 Å². The van der Waals surface area contributed by atoms with Crippen molar-refractivity contribution in [2.24, 2.45) is 7.05 Å². The van der Waals surface area contributed by atoms with Crippen LogP contribution in [0.4, 0.5) is 17.6 Å². The van der Waals surface area contributed by atoms with Gasteiger partial charge in [0, 0.05) is 37.8 Å². The molecule has 1 saturated carbocycles. The smallest absolute Gasteiger partial charge is 0.434 e. The first-order valence-electron chi connectivity index (χ1n) is 11.7. The van der Waals surface area contributed by atoms with Crippen LogP contribution in [0.25, 0.3) is 28.4 Å². The van der Waals surface area contributed by atoms with Gasteiger partial charge in [0.05, 0.1) is 18.4 Å². The molecule has 1 aliphatic rings. The van der Waals surface area contributed by atoms with Gasteiger partial charge in [0.1, 0.15) is 29.4 Å². The molecule has 1 aromatic carbocycles. The molecule has 38 heavy (non-hydrogen) atoms. The minimum Gasteiger partial charge on any atom is -0.480 e. The van der Waals surface area contributed by atoms with Gasteiger partial charge in [-0.2, -0.15) is 17.7 Å². The van der Waals surface area contributed by atoms with E-state index in [0.29, 0.717) is 40.2 Å². The van der Waals surface area contributed by atoms with Gasteiger partial charge in [-0.3, -0.25) is 0 Å². The molecular formula is C25H20F4N8O. The second kappa shape index (κ2) is 8.85. The number of nitrogens with zero attached hydrogens (tertiary/aromatic N) is 8. The van der Waals surface area contributed by atoms with E-state index in [1.54, 1.807) is 22.8 Å². The van der Waals surface area contributed by atoms with Gasteiger partial charge in [-0.1, -0.05) is 6.07 Å². The Hall–Kier alpha value is -4.42. The molecule has 5 aromatic rings. The van der Waals surface area contributed by atoms with E-state index in [-0.39, 0.29) is 17.8 Å². The number of hydrogen-bond donors (Lipinski definition) is 0. The van der Waals surface area contributed by atoms with Crippen LogP contribution in [0.2, 0.25) is 0 Å². The molecular weight excluding hydrogens is 504 g/mol. The molecule has 0 atom stereocenters. The van der Waals surface area contributed by atoms with Crippen molar-refractivity contribution < 1.29 is 22.3 Å². The summed E-state index contributed by atoms with van der Waals surface area (Å²) in [6.45, 7) is 0. The fraction of sp³-hybridized carbons (Fsp3) is 0.280. The number of benzene rings is 1. The van der Waals surface area contributed by atoms with Crippen molar-refractivity contribution in [1.29, 1.82) is 0 Å². The highest BCUT2D eigenvalue weighted by Crippen LogP contribution is 2.44. The van der Waals surface area contributed by atoms with E-state index >= 15 is 4.39 Å². The highest BCUT2D eigenvalue weighted by molar-refractivity contribution is 5.67. The highest BCUT2D eigenvalue weighted by Gasteiger charge is 2.35. The monoisotopic (exact) mass is 524 g/mol. The van der Waals surface area contributed by atoms with Crippen molar-refractivity contribution in [3.63, 3.8) is 0 Å². The number of hydrogen-bond acceptors (Lipinski definition) is 7. The minimum absolute atomic E-state index is 0.0373. The van der Waals surface area contributed by atoms with Crippen LogP contribution >= 0.6 is 0 Å². The maximum absolute atomic E-state index is 15.1. The van der Waals surface area contributed by atoms with E-state index < -0.39 is 17.7 Å². The van der Waals surface area contributed by atoms with Gasteiger partial charge in [0.15, 0.2) is 17.2 Å². The van der Waals surface area contributed by atoms with Crippen LogP contribution in [0.5, 0.6) is 5.88 Å². The summed E-state index contributed by atoms with van der Waals surface area (Å²) in [4.78, 5) is 21.3. The molecule has 0 spiro atoms. The number of ether oxygens (including phenoxy) is 1. The Labute approximate surface area is 213 Å². The number of halogens is 4. The van der Waals surface area contributed by atoms with Gasteiger partial charge in [0.25, 0.3) is 0 Å². The van der Waals surface area contributed by atoms with Crippen molar-refractivity contribution in [3.05, 3.63) is 71.6 Å². The van der Waals surface area contributed by atoms with Gasteiger partial charge in [-0.25, -0.2) is 29.3 Å². The Morgan fingerprint density at radius 2 is 1.89 bits per heavy atom. The molecule has 4 aromatic heterocycles. The molecule has 0 radical (unpaired) electrons. The van der Waals surface area contributed by atoms with Crippen molar-refractivity contribution >= 4 is 5.65 Å². The van der Waals surface area contributed by atoms with E-state index in [1.165, 1.54) is 32.6 Å². The number of aryl methyl sites for hydroxylation is 1. The molecule has 1 aliphatic carbocycles. The minimum atomic E-state index is -4.62. The van der Waals surface area contributed by atoms with Crippen LogP contribution in [0, 0.1) is 5.82 Å². The Morgan fingerprint density at radius 1 is 1.08 bits per heavy atom. The standard InChI is InChI=1S/C25H20F4N8O/c1-36-11-17(25(27,28)29)33-23(36)15-6-3-13(9-16(15)26)10-19-30-8-7-18-34-22(35-37(18)19)20-21(14-4-5-14)31-12-32-24(20)38-2/h3,6-9,11-12,14H,4-5,10H2,1-2H3. The summed E-state index contributed by atoms with van der Waals surface area (Å²) in [5.41, 5.74) is 1.43. The largest absolute Gasteiger partial charge is 0.480 e. The third kappa shape index (κ3) is 4.23. The van der Waals surface area contributed by atoms with Gasteiger partial charge < -0.3 is 9.30 Å². The molecule has 0 unspecified atom stereocenters. The van der Waals surface area contributed by atoms with Gasteiger partial charge in [-0.05, 0) is 30.5 Å². The number of imidazole rings is 1. The zero-order chi connectivity index (χ0) is 26.6. The number of rotatable bonds is 6. The summed E-state index contributed by atoms with van der Waals surface area (Å²) in [7, 11) is 2.91. The normalized spacial score (nSPS) is 13.8. The molecule has 0 aliphatic heterocycles. The molecule has 0 saturated heterocycles. The van der Waals surface area contributed by atoms with Crippen molar-refractivity contribution in [2.75, 3.05) is 7.11 Å². The fourth-order valence-corrected chi connectivity index (χ4v) is 4.39. The number of alkyl halides is 3. The van der Waals surface area contributed by atoms with Crippen molar-refractivity contribution in [3.8, 4) is 28.7 Å². The van der Waals surface area contributed by atoms with Gasteiger partial charge in [-0.15, -0.1) is 5.10 Å². The topological polar surface area (TPSA) is 95.9 Å². The average Bonchev–Trinajstić information content (AvgIpc) is 3.51. The highest BCUT2D eigenvalue weighted by atomic mass is 19.4. The van der Waals surface area contributed by atoms with Gasteiger partial charge in [0.2, 0.25) is 5.88 Å². The molecule has 0 N–H and O–H groups in total. The molecule has 1 fully saturated rings. The zero-order valence-corrected chi connectivity index (χ0v) is 20.2. The summed E-state index contributed by atoms with van der Waals surface area (Å²) < 4.78 is 62.4. The lowest BCUT2D eigenvalue weighted by Gasteiger charge is -2.08. The predicted octanol–water partition coefficient (Wildman–Crippen LogP) is 4.62. The third-order valence-electron chi connectivity index (χ3n) is 6.35. The first kappa shape index (κ1) is 23.9. The van der Waals surface area contributed by atoms with E-state index in [9.17, 15) is 13.2 Å². The van der Waals surface area contributed by atoms with Crippen LogP contribution in [-0.4, -0.2) is 46.2 Å². The van der Waals surface area contributed by atoms with Gasteiger partial charge >= 0.3 is 6.18 Å². The zero-order valence-electron chi connectivity index (χ0n) is 20.2. The number of fused-ring (bicyclic) bond motifs is 1. The Balaban J connectivity index is 1.34. The SMILES string of the molecule is COc1ncnc(C2CC2)c1-c1nc2ccnc(Cc3ccc(-c4nc(C(F)(F)F)cn4C)c(F)c3)n2n1. The Bertz CT molecular complexity index is 1670. The molecule has 4 heterocycles. The quantitative estimate of drug-likeness (QED) is 0.299. The lowest BCUT2D eigenvalue weighted by atomic mass is 10.1. The van der Waals surface area contributed by atoms with E-state index in [2.05, 4.69) is 30.0 Å². The lowest BCUT2D eigenvalue weighted by molar-refractivity contribution is -0.140. The summed E-state index contributed by atoms with van der Waals surface area (Å²) in [6.07, 6.45) is 1.49. The van der Waals surface area contributed by atoms with Crippen LogP contribution in [0.15, 0.2) is 43.0 Å². The predicted molar refractivity (Wildman–Crippen MR) is 127 cm³/mol. The number of methoxy groups -OCH3 is 1. The third-order valence-corrected chi connectivity index (χ3v) is 6.35. The molecule has 6 rings (SSSR count). The Morgan fingerprint density at radius 3 is 2.58 bits per heavy atom. The maximum atomic E-state index is 15.1. The second-order valence-electron chi connectivity index (χ2n) is 9.03. The second-order valence-corrected chi connectivity index (χ2v) is 9.03. The van der Waals surface area contributed by atoms with Crippen molar-refractivity contribution in [1.82, 2.24) is 39.1 Å². The summed E-state index contributed by atoms with van der Waals surface area (Å²) in [5.74, 6) is 0.764. The summed E-state index contributed by atoms with van der Waals surface area (Å²) >= 11 is 0. The lowest BCUT2D eigenvalue weighted by Crippen LogP contribution is -2.05. The van der Waals surface area contributed by atoms with Crippen molar-refractivity contribution in [2.45, 2.75) is 31.4 Å². The number of aromatic nitrogens is 8. The summed E-state index contributed by atoms with van der Waals surface area (Å²) in [5, 5.41) is 4.65. The summed E-state index contributed by atoms with van der Waals surface area (Å²) in [6, 6.07) is 6.00. The molecule has 0 bridgehead atoms. The van der Waals surface area contributed by atoms with Crippen LogP contribution in [0.3, 0.4) is 0 Å². The first-order chi connectivity index (χ1) is 18.2. The first-order valence-corrected chi connectivity index (χ1v) is 11.7. The maximum Gasteiger partial charge on any atom is 0.434 e. The average molecular weight is 524 g/mol. The molecule has 0 amide bonds. The van der Waals surface area contributed by atoms with E-state index in [0.717, 1.165) is 29.3 Å². The fourth-order valence-electron chi connectivity index (χ4n) is 4.39. The van der Waals surface area contributed by atoms with Crippen LogP contribution in [-0.2, 0) is 19.6 Å². The van der Waals surface area contributed by atoms with Crippen LogP contribution < -0.4 is 4.74 Å². The molecule has 13 heteroatoms. The Kier molecular flexibility index (Phi) is 5.58. The molecule has 9 nitrogen and oxygen atoms in total. The van der Waals surface area contributed by atoms with E-state index in [1.807, 2.05) is 0 Å². The molecule has 194 valence electrons.